The van der Waals surface area contributed by atoms with Crippen LogP contribution in [-0.4, -0.2) is 13.0 Å². The van der Waals surface area contributed by atoms with E-state index in [1.54, 1.807) is 37.4 Å². The molecular formula is C18H16Cl2N2O3. The summed E-state index contributed by atoms with van der Waals surface area (Å²) in [6.07, 6.45) is -0.165. The zero-order valence-corrected chi connectivity index (χ0v) is 15.0. The van der Waals surface area contributed by atoms with E-state index in [0.29, 0.717) is 34.7 Å². The van der Waals surface area contributed by atoms with Crippen LogP contribution in [0.2, 0.25) is 10.0 Å². The summed E-state index contributed by atoms with van der Waals surface area (Å²) < 4.78 is 11.1. The van der Waals surface area contributed by atoms with Crippen molar-refractivity contribution >= 4 is 29.1 Å². The van der Waals surface area contributed by atoms with E-state index in [1.165, 1.54) is 0 Å². The van der Waals surface area contributed by atoms with Crippen molar-refractivity contribution in [3.8, 4) is 17.6 Å². The predicted molar refractivity (Wildman–Crippen MR) is 95.9 cm³/mol. The topological polar surface area (TPSA) is 71.3 Å². The normalized spacial score (nSPS) is 10.0. The van der Waals surface area contributed by atoms with Gasteiger partial charge in [-0.3, -0.25) is 4.79 Å². The third-order valence-corrected chi connectivity index (χ3v) is 4.07. The van der Waals surface area contributed by atoms with Gasteiger partial charge >= 0.3 is 0 Å². The summed E-state index contributed by atoms with van der Waals surface area (Å²) >= 11 is 11.9. The van der Waals surface area contributed by atoms with Gasteiger partial charge in [-0.2, -0.15) is 5.26 Å². The van der Waals surface area contributed by atoms with Crippen molar-refractivity contribution in [3.05, 3.63) is 57.6 Å². The number of halogens is 2. The molecule has 5 nitrogen and oxygen atoms in total. The van der Waals surface area contributed by atoms with Gasteiger partial charge in [0.15, 0.2) is 11.5 Å². The summed E-state index contributed by atoms with van der Waals surface area (Å²) in [7, 11) is 1.54. The van der Waals surface area contributed by atoms with Crippen LogP contribution < -0.4 is 14.8 Å². The van der Waals surface area contributed by atoms with E-state index in [2.05, 4.69) is 5.32 Å². The van der Waals surface area contributed by atoms with Crippen molar-refractivity contribution in [1.29, 1.82) is 5.26 Å². The van der Waals surface area contributed by atoms with Gasteiger partial charge in [0.25, 0.3) is 0 Å². The number of methoxy groups -OCH3 is 1. The van der Waals surface area contributed by atoms with E-state index in [-0.39, 0.29) is 12.3 Å². The van der Waals surface area contributed by atoms with Gasteiger partial charge < -0.3 is 14.8 Å². The van der Waals surface area contributed by atoms with Crippen LogP contribution in [0.25, 0.3) is 0 Å². The average molecular weight is 379 g/mol. The Balaban J connectivity index is 2.02. The third-order valence-electron chi connectivity index (χ3n) is 3.34. The number of nitriles is 1. The van der Waals surface area contributed by atoms with Crippen LogP contribution in [0.3, 0.4) is 0 Å². The Morgan fingerprint density at radius 2 is 1.88 bits per heavy atom. The summed E-state index contributed by atoms with van der Waals surface area (Å²) in [6, 6.07) is 12.5. The molecule has 0 saturated carbocycles. The minimum atomic E-state index is -0.318. The number of hydrogen-bond donors (Lipinski definition) is 1. The van der Waals surface area contributed by atoms with Crippen LogP contribution in [0, 0.1) is 11.3 Å². The van der Waals surface area contributed by atoms with Crippen molar-refractivity contribution in [2.45, 2.75) is 19.6 Å². The number of carbonyl (C=O) groups is 1. The molecule has 0 heterocycles. The van der Waals surface area contributed by atoms with Gasteiger partial charge in [0.2, 0.25) is 5.91 Å². The first-order chi connectivity index (χ1) is 12.0. The number of benzene rings is 2. The average Bonchev–Trinajstić information content (AvgIpc) is 2.61. The minimum Gasteiger partial charge on any atom is -0.493 e. The van der Waals surface area contributed by atoms with Gasteiger partial charge in [0.1, 0.15) is 13.0 Å². The summed E-state index contributed by atoms with van der Waals surface area (Å²) in [5.41, 5.74) is 1.72. The van der Waals surface area contributed by atoms with E-state index in [4.69, 9.17) is 37.9 Å². The zero-order valence-electron chi connectivity index (χ0n) is 13.5. The summed E-state index contributed by atoms with van der Waals surface area (Å²) in [4.78, 5) is 11.3. The molecule has 1 amide bonds. The number of nitrogens with zero attached hydrogens (tertiary/aromatic N) is 1. The van der Waals surface area contributed by atoms with Gasteiger partial charge in [0, 0.05) is 6.54 Å². The third kappa shape index (κ3) is 5.56. The number of carbonyl (C=O) groups excluding carboxylic acids is 1. The second-order valence-corrected chi connectivity index (χ2v) is 5.95. The molecule has 25 heavy (non-hydrogen) atoms. The monoisotopic (exact) mass is 378 g/mol. The molecule has 0 saturated heterocycles. The highest BCUT2D eigenvalue weighted by atomic mass is 35.5. The molecule has 0 fully saturated rings. The molecule has 0 aliphatic rings. The van der Waals surface area contributed by atoms with Gasteiger partial charge in [-0.25, -0.2) is 0 Å². The summed E-state index contributed by atoms with van der Waals surface area (Å²) in [5.74, 6) is 0.800. The molecule has 2 aromatic rings. The molecule has 0 aliphatic heterocycles. The smallest absolute Gasteiger partial charge is 0.234 e. The molecule has 7 heteroatoms. The zero-order chi connectivity index (χ0) is 18.2. The number of rotatable bonds is 7. The SMILES string of the molecule is COc1cc(CNC(=O)CC#N)ccc1OCc1ccc(Cl)c(Cl)c1. The Kier molecular flexibility index (Phi) is 6.93. The van der Waals surface area contributed by atoms with Crippen molar-refractivity contribution in [3.63, 3.8) is 0 Å². The number of hydrogen-bond acceptors (Lipinski definition) is 4. The number of amides is 1. The maximum Gasteiger partial charge on any atom is 0.234 e. The lowest BCUT2D eigenvalue weighted by molar-refractivity contribution is -0.120. The number of nitrogens with one attached hydrogen (secondary N) is 1. The Hall–Kier alpha value is -2.42. The lowest BCUT2D eigenvalue weighted by Crippen LogP contribution is -2.21. The van der Waals surface area contributed by atoms with Gasteiger partial charge in [-0.05, 0) is 35.4 Å². The molecule has 2 aromatic carbocycles. The Bertz CT molecular complexity index is 803. The molecule has 0 unspecified atom stereocenters. The quantitative estimate of drug-likeness (QED) is 0.786. The van der Waals surface area contributed by atoms with Crippen LogP contribution >= 0.6 is 23.2 Å². The van der Waals surface area contributed by atoms with Crippen molar-refractivity contribution in [1.82, 2.24) is 5.32 Å². The Labute approximate surface area is 156 Å². The first-order valence-electron chi connectivity index (χ1n) is 7.40. The fourth-order valence-corrected chi connectivity index (χ4v) is 2.39. The van der Waals surface area contributed by atoms with Crippen LogP contribution in [0.1, 0.15) is 17.5 Å². The Morgan fingerprint density at radius 3 is 2.56 bits per heavy atom. The molecule has 0 atom stereocenters. The molecule has 0 spiro atoms. The molecule has 1 N–H and O–H groups in total. The lowest BCUT2D eigenvalue weighted by atomic mass is 10.2. The van der Waals surface area contributed by atoms with Crippen molar-refractivity contribution in [2.24, 2.45) is 0 Å². The molecule has 0 bridgehead atoms. The van der Waals surface area contributed by atoms with Gasteiger partial charge in [-0.15, -0.1) is 0 Å². The predicted octanol–water partition coefficient (Wildman–Crippen LogP) is 4.11. The molecule has 2 rings (SSSR count). The van der Waals surface area contributed by atoms with E-state index in [9.17, 15) is 4.79 Å². The maximum absolute atomic E-state index is 11.3. The van der Waals surface area contributed by atoms with Crippen molar-refractivity contribution in [2.75, 3.05) is 7.11 Å². The van der Waals surface area contributed by atoms with Crippen molar-refractivity contribution < 1.29 is 14.3 Å². The maximum atomic E-state index is 11.3. The number of ether oxygens (including phenoxy) is 2. The Morgan fingerprint density at radius 1 is 1.12 bits per heavy atom. The summed E-state index contributed by atoms with van der Waals surface area (Å²) in [5, 5.41) is 12.1. The highest BCUT2D eigenvalue weighted by Crippen LogP contribution is 2.29. The molecule has 0 aromatic heterocycles. The first kappa shape index (κ1) is 18.9. The fourth-order valence-electron chi connectivity index (χ4n) is 2.07. The minimum absolute atomic E-state index is 0.165. The molecule has 0 radical (unpaired) electrons. The largest absolute Gasteiger partial charge is 0.493 e. The lowest BCUT2D eigenvalue weighted by Gasteiger charge is -2.13. The molecular weight excluding hydrogens is 363 g/mol. The summed E-state index contributed by atoms with van der Waals surface area (Å²) in [6.45, 7) is 0.620. The van der Waals surface area contributed by atoms with E-state index >= 15 is 0 Å². The van der Waals surface area contributed by atoms with Gasteiger partial charge in [0.05, 0.1) is 23.2 Å². The molecule has 130 valence electrons. The standard InChI is InChI=1S/C18H16Cl2N2O3/c1-24-17-9-12(10-22-18(23)6-7-21)3-5-16(17)25-11-13-2-4-14(19)15(20)8-13/h2-5,8-9H,6,10-11H2,1H3,(H,22,23). The molecule has 0 aliphatic carbocycles. The van der Waals surface area contributed by atoms with Crippen LogP contribution in [-0.2, 0) is 17.9 Å². The fraction of sp³-hybridized carbons (Fsp3) is 0.222. The van der Waals surface area contributed by atoms with Crippen LogP contribution in [0.15, 0.2) is 36.4 Å². The van der Waals surface area contributed by atoms with Crippen LogP contribution in [0.4, 0.5) is 0 Å². The van der Waals surface area contributed by atoms with E-state index in [0.717, 1.165) is 11.1 Å². The second kappa shape index (κ2) is 9.16. The highest BCUT2D eigenvalue weighted by molar-refractivity contribution is 6.42. The first-order valence-corrected chi connectivity index (χ1v) is 8.16. The second-order valence-electron chi connectivity index (χ2n) is 5.13. The van der Waals surface area contributed by atoms with E-state index < -0.39 is 0 Å². The van der Waals surface area contributed by atoms with E-state index in [1.807, 2.05) is 12.1 Å². The highest BCUT2D eigenvalue weighted by Gasteiger charge is 2.08. The van der Waals surface area contributed by atoms with Crippen LogP contribution in [0.5, 0.6) is 11.5 Å². The van der Waals surface area contributed by atoms with Gasteiger partial charge in [-0.1, -0.05) is 35.3 Å².